The van der Waals surface area contributed by atoms with E-state index in [1.807, 2.05) is 6.08 Å². The number of aromatic nitrogens is 2. The molecule has 4 rings (SSSR count). The van der Waals surface area contributed by atoms with Crippen LogP contribution in [0.1, 0.15) is 65.7 Å². The number of amides is 3. The highest BCUT2D eigenvalue weighted by molar-refractivity contribution is 6.29. The van der Waals surface area contributed by atoms with Gasteiger partial charge in [-0.3, -0.25) is 14.4 Å². The lowest BCUT2D eigenvalue weighted by atomic mass is 10.0. The molecule has 3 amide bonds. The average molecular weight is 703 g/mol. The second-order valence-corrected chi connectivity index (χ2v) is 13.6. The minimum Gasteiger partial charge on any atom is -0.472 e. The van der Waals surface area contributed by atoms with Crippen molar-refractivity contribution in [1.82, 2.24) is 20.2 Å². The van der Waals surface area contributed by atoms with Crippen molar-refractivity contribution in [3.05, 3.63) is 53.5 Å². The van der Waals surface area contributed by atoms with Crippen LogP contribution in [-0.2, 0) is 23.9 Å². The number of esters is 1. The molecule has 0 spiro atoms. The molecule has 2 heterocycles. The normalized spacial score (nSPS) is 20.8. The Morgan fingerprint density at radius 3 is 2.53 bits per heavy atom. The van der Waals surface area contributed by atoms with Crippen molar-refractivity contribution < 1.29 is 37.8 Å². The smallest absolute Gasteiger partial charge is 0.408 e. The summed E-state index contributed by atoms with van der Waals surface area (Å²) in [7, 11) is 1.39. The maximum absolute atomic E-state index is 13.9. The molecular formula is C34H44ClFN6O7. The molecule has 1 saturated heterocycles. The van der Waals surface area contributed by atoms with E-state index in [0.29, 0.717) is 18.5 Å². The highest BCUT2D eigenvalue weighted by Crippen LogP contribution is 2.40. The van der Waals surface area contributed by atoms with Crippen molar-refractivity contribution in [1.29, 1.82) is 0 Å². The lowest BCUT2D eigenvalue weighted by molar-refractivity contribution is -0.142. The maximum Gasteiger partial charge on any atom is 0.408 e. The van der Waals surface area contributed by atoms with Crippen molar-refractivity contribution in [3.63, 3.8) is 0 Å². The van der Waals surface area contributed by atoms with Gasteiger partial charge in [-0.05, 0) is 76.6 Å². The number of likely N-dealkylation sites (tertiary alicyclic amines) is 1. The summed E-state index contributed by atoms with van der Waals surface area (Å²) in [5, 5.41) is 5.69. The molecule has 0 radical (unpaired) electrons. The summed E-state index contributed by atoms with van der Waals surface area (Å²) in [5.74, 6) is -1.41. The van der Waals surface area contributed by atoms with E-state index in [0.717, 1.165) is 25.7 Å². The quantitative estimate of drug-likeness (QED) is 0.0985. The molecule has 2 aromatic rings. The first-order valence-corrected chi connectivity index (χ1v) is 16.7. The zero-order valence-corrected chi connectivity index (χ0v) is 28.9. The molecule has 1 saturated carbocycles. The second kappa shape index (κ2) is 16.8. The Labute approximate surface area is 290 Å². The summed E-state index contributed by atoms with van der Waals surface area (Å²) in [4.78, 5) is 60.5. The Hall–Kier alpha value is -4.46. The minimum absolute atomic E-state index is 0.000185. The van der Waals surface area contributed by atoms with Gasteiger partial charge in [0.15, 0.2) is 0 Å². The molecule has 13 nitrogen and oxygen atoms in total. The SMILES string of the molecule is COC(=O)[C@H]1C[C@H]1/C=C\CCCCC[C@H](NC(=O)OC(C)(C)C)C(=O)N1CC(Oc2cc(Cl)nc(Nc3ccc(F)cc3)n2)C[C@H]1C(N)=O. The van der Waals surface area contributed by atoms with E-state index in [2.05, 4.69) is 26.7 Å². The molecule has 2 fully saturated rings. The number of methoxy groups -OCH3 is 1. The molecule has 1 unspecified atom stereocenters. The number of hydrogen-bond acceptors (Lipinski definition) is 10. The van der Waals surface area contributed by atoms with Gasteiger partial charge in [-0.2, -0.15) is 4.98 Å². The Bertz CT molecular complexity index is 1520. The van der Waals surface area contributed by atoms with Crippen molar-refractivity contribution in [3.8, 4) is 5.88 Å². The number of halogens is 2. The van der Waals surface area contributed by atoms with Crippen LogP contribution in [0, 0.1) is 17.7 Å². The Kier molecular flexibility index (Phi) is 12.8. The van der Waals surface area contributed by atoms with Crippen LogP contribution < -0.4 is 21.1 Å². The fourth-order valence-electron chi connectivity index (χ4n) is 5.56. The number of nitrogens with zero attached hydrogens (tertiary/aromatic N) is 3. The van der Waals surface area contributed by atoms with Crippen LogP contribution in [0.3, 0.4) is 0 Å². The molecule has 0 bridgehead atoms. The molecule has 1 aliphatic carbocycles. The van der Waals surface area contributed by atoms with Crippen molar-refractivity contribution >= 4 is 47.1 Å². The van der Waals surface area contributed by atoms with Gasteiger partial charge in [0.25, 0.3) is 0 Å². The Morgan fingerprint density at radius 1 is 1.12 bits per heavy atom. The van der Waals surface area contributed by atoms with Crippen LogP contribution >= 0.6 is 11.6 Å². The van der Waals surface area contributed by atoms with Crippen molar-refractivity contribution in [2.45, 2.75) is 89.5 Å². The van der Waals surface area contributed by atoms with Crippen LogP contribution in [0.5, 0.6) is 5.88 Å². The highest BCUT2D eigenvalue weighted by Gasteiger charge is 2.43. The van der Waals surface area contributed by atoms with Crippen LogP contribution in [-0.4, -0.2) is 76.2 Å². The van der Waals surface area contributed by atoms with Gasteiger partial charge >= 0.3 is 12.1 Å². The zero-order valence-electron chi connectivity index (χ0n) is 28.1. The standard InChI is InChI=1S/C34H44ClFN6O7/c1-34(2,3)49-33(46)39-25(11-9-7-5-6-8-10-20-16-24(20)31(45)47-4)30(44)42-19-23(17-26(42)29(37)43)48-28-18-27(35)40-32(41-28)38-22-14-12-21(36)13-15-22/h8,10,12-15,18,20,23-26H,5-7,9,11,16-17,19H2,1-4H3,(H2,37,43)(H,39,46)(H,38,40,41)/b10-8-/t20-,23?,24+,25+,26+/m1/s1. The van der Waals surface area contributed by atoms with Gasteiger partial charge in [-0.15, -0.1) is 0 Å². The summed E-state index contributed by atoms with van der Waals surface area (Å²) < 4.78 is 29.6. The van der Waals surface area contributed by atoms with E-state index < -0.39 is 47.5 Å². The number of unbranched alkanes of at least 4 members (excludes halogenated alkanes) is 3. The van der Waals surface area contributed by atoms with E-state index in [1.165, 1.54) is 42.3 Å². The zero-order chi connectivity index (χ0) is 35.7. The highest BCUT2D eigenvalue weighted by atomic mass is 35.5. The predicted molar refractivity (Wildman–Crippen MR) is 179 cm³/mol. The number of ether oxygens (including phenoxy) is 3. The number of benzene rings is 1. The number of primary amides is 1. The van der Waals surface area contributed by atoms with Crippen LogP contribution in [0.2, 0.25) is 5.15 Å². The summed E-state index contributed by atoms with van der Waals surface area (Å²) in [6.45, 7) is 5.16. The first-order valence-electron chi connectivity index (χ1n) is 16.3. The molecular weight excluding hydrogens is 659 g/mol. The van der Waals surface area contributed by atoms with Crippen molar-refractivity contribution in [2.24, 2.45) is 17.6 Å². The summed E-state index contributed by atoms with van der Waals surface area (Å²) in [6.07, 6.45) is 6.94. The number of nitrogens with one attached hydrogen (secondary N) is 2. The van der Waals surface area contributed by atoms with Crippen molar-refractivity contribution in [2.75, 3.05) is 19.0 Å². The fraction of sp³-hybridized carbons (Fsp3) is 0.529. The van der Waals surface area contributed by atoms with E-state index >= 15 is 0 Å². The fourth-order valence-corrected chi connectivity index (χ4v) is 5.73. The van der Waals surface area contributed by atoms with Gasteiger partial charge in [-0.1, -0.05) is 36.6 Å². The third-order valence-corrected chi connectivity index (χ3v) is 8.21. The molecule has 2 aliphatic rings. The third kappa shape index (κ3) is 11.6. The van der Waals surface area contributed by atoms with Gasteiger partial charge < -0.3 is 35.5 Å². The van der Waals surface area contributed by atoms with Gasteiger partial charge in [0.1, 0.15) is 34.8 Å². The number of anilines is 2. The summed E-state index contributed by atoms with van der Waals surface area (Å²) >= 11 is 6.21. The molecule has 1 aromatic carbocycles. The number of hydrogen-bond donors (Lipinski definition) is 3. The number of carbonyl (C=O) groups excluding carboxylic acids is 4. The number of nitrogens with two attached hydrogens (primary N) is 1. The van der Waals surface area contributed by atoms with Gasteiger partial charge in [0.05, 0.1) is 19.6 Å². The maximum atomic E-state index is 13.9. The monoisotopic (exact) mass is 702 g/mol. The molecule has 1 aliphatic heterocycles. The van der Waals surface area contributed by atoms with E-state index in [-0.39, 0.29) is 47.8 Å². The van der Waals surface area contributed by atoms with Crippen LogP contribution in [0.25, 0.3) is 0 Å². The van der Waals surface area contributed by atoms with E-state index in [4.69, 9.17) is 31.5 Å². The largest absolute Gasteiger partial charge is 0.472 e. The Balaban J connectivity index is 1.38. The molecule has 5 atom stereocenters. The lowest BCUT2D eigenvalue weighted by Crippen LogP contribution is -2.53. The molecule has 266 valence electrons. The average Bonchev–Trinajstić information content (AvgIpc) is 3.67. The van der Waals surface area contributed by atoms with Crippen LogP contribution in [0.4, 0.5) is 20.8 Å². The summed E-state index contributed by atoms with van der Waals surface area (Å²) in [5.41, 5.74) is 5.46. The Morgan fingerprint density at radius 2 is 1.86 bits per heavy atom. The first-order chi connectivity index (χ1) is 23.2. The third-order valence-electron chi connectivity index (χ3n) is 8.01. The molecule has 15 heteroatoms. The van der Waals surface area contributed by atoms with Crippen LogP contribution in [0.15, 0.2) is 42.5 Å². The molecule has 1 aromatic heterocycles. The minimum atomic E-state index is -0.990. The summed E-state index contributed by atoms with van der Waals surface area (Å²) in [6, 6.07) is 5.00. The number of rotatable bonds is 15. The topological polar surface area (TPSA) is 175 Å². The first kappa shape index (κ1) is 37.4. The number of allylic oxidation sites excluding steroid dienone is 2. The van der Waals surface area contributed by atoms with E-state index in [9.17, 15) is 23.6 Å². The van der Waals surface area contributed by atoms with E-state index in [1.54, 1.807) is 20.8 Å². The number of alkyl carbamates (subject to hydrolysis) is 1. The second-order valence-electron chi connectivity index (χ2n) is 13.2. The van der Waals surface area contributed by atoms with Gasteiger partial charge in [0, 0.05) is 18.2 Å². The lowest BCUT2D eigenvalue weighted by Gasteiger charge is -2.28. The van der Waals surface area contributed by atoms with Gasteiger partial charge in [-0.25, -0.2) is 14.2 Å². The predicted octanol–water partition coefficient (Wildman–Crippen LogP) is 5.06. The molecule has 4 N–H and O–H groups in total. The molecule has 49 heavy (non-hydrogen) atoms. The number of carbonyl (C=O) groups is 4. The van der Waals surface area contributed by atoms with Gasteiger partial charge in [0.2, 0.25) is 23.6 Å².